The van der Waals surface area contributed by atoms with Gasteiger partial charge in [-0.25, -0.2) is 4.79 Å². The minimum absolute atomic E-state index is 0.134. The van der Waals surface area contributed by atoms with E-state index in [1.807, 2.05) is 31.2 Å². The van der Waals surface area contributed by atoms with Crippen molar-refractivity contribution in [2.45, 2.75) is 39.3 Å². The number of rotatable bonds is 6. The topological polar surface area (TPSA) is 59.6 Å². The fraction of sp³-hybridized carbons (Fsp3) is 0.588. The molecule has 1 aromatic rings. The lowest BCUT2D eigenvalue weighted by Crippen LogP contribution is -2.45. The summed E-state index contributed by atoms with van der Waals surface area (Å²) < 4.78 is 10.9. The summed E-state index contributed by atoms with van der Waals surface area (Å²) in [6.45, 7) is 6.67. The summed E-state index contributed by atoms with van der Waals surface area (Å²) in [5, 5.41) is 5.93. The first-order chi connectivity index (χ1) is 10.7. The van der Waals surface area contributed by atoms with Gasteiger partial charge >= 0.3 is 6.03 Å². The summed E-state index contributed by atoms with van der Waals surface area (Å²) in [5.74, 6) is 1.32. The number of para-hydroxylation sites is 1. The highest BCUT2D eigenvalue weighted by Crippen LogP contribution is 2.19. The molecule has 1 aromatic carbocycles. The van der Waals surface area contributed by atoms with Crippen LogP contribution >= 0.6 is 0 Å². The van der Waals surface area contributed by atoms with Gasteiger partial charge in [-0.05, 0) is 38.7 Å². The molecular formula is C17H26N2O3. The minimum Gasteiger partial charge on any atom is -0.494 e. The van der Waals surface area contributed by atoms with E-state index >= 15 is 0 Å². The summed E-state index contributed by atoms with van der Waals surface area (Å²) in [6, 6.07) is 7.79. The molecule has 0 saturated carbocycles. The summed E-state index contributed by atoms with van der Waals surface area (Å²) in [4.78, 5) is 12.0. The smallest absolute Gasteiger partial charge is 0.315 e. The van der Waals surface area contributed by atoms with E-state index in [1.54, 1.807) is 0 Å². The first kappa shape index (κ1) is 16.6. The van der Waals surface area contributed by atoms with Crippen molar-refractivity contribution in [1.82, 2.24) is 10.6 Å². The average Bonchev–Trinajstić information content (AvgIpc) is 2.55. The Kier molecular flexibility index (Phi) is 6.52. The molecule has 1 aliphatic rings. The number of urea groups is 1. The Morgan fingerprint density at radius 3 is 2.82 bits per heavy atom. The van der Waals surface area contributed by atoms with E-state index in [0.717, 1.165) is 37.4 Å². The maximum atomic E-state index is 12.0. The SMILES string of the molecule is CCOc1ccccc1CNC(=O)N[C@H](C)C1CCOCC1. The third-order valence-corrected chi connectivity index (χ3v) is 4.04. The van der Waals surface area contributed by atoms with E-state index in [1.165, 1.54) is 0 Å². The first-order valence-corrected chi connectivity index (χ1v) is 8.03. The van der Waals surface area contributed by atoms with Crippen molar-refractivity contribution in [2.24, 2.45) is 5.92 Å². The van der Waals surface area contributed by atoms with E-state index in [2.05, 4.69) is 17.6 Å². The molecule has 5 heteroatoms. The van der Waals surface area contributed by atoms with E-state index < -0.39 is 0 Å². The molecule has 1 aliphatic heterocycles. The Morgan fingerprint density at radius 1 is 1.36 bits per heavy atom. The highest BCUT2D eigenvalue weighted by molar-refractivity contribution is 5.74. The number of nitrogens with one attached hydrogen (secondary N) is 2. The van der Waals surface area contributed by atoms with Crippen LogP contribution in [0.4, 0.5) is 4.79 Å². The van der Waals surface area contributed by atoms with Crippen molar-refractivity contribution in [3.05, 3.63) is 29.8 Å². The molecule has 1 fully saturated rings. The van der Waals surface area contributed by atoms with Gasteiger partial charge in [-0.3, -0.25) is 0 Å². The number of hydrogen-bond donors (Lipinski definition) is 2. The van der Waals surface area contributed by atoms with Gasteiger partial charge in [0.1, 0.15) is 5.75 Å². The molecule has 122 valence electrons. The number of carbonyl (C=O) groups is 1. The van der Waals surface area contributed by atoms with Gasteiger partial charge in [0.2, 0.25) is 0 Å². The molecule has 0 aromatic heterocycles. The van der Waals surface area contributed by atoms with Crippen LogP contribution < -0.4 is 15.4 Å². The van der Waals surface area contributed by atoms with Crippen molar-refractivity contribution in [3.8, 4) is 5.75 Å². The monoisotopic (exact) mass is 306 g/mol. The molecule has 22 heavy (non-hydrogen) atoms. The molecule has 1 saturated heterocycles. The highest BCUT2D eigenvalue weighted by atomic mass is 16.5. The fourth-order valence-electron chi connectivity index (χ4n) is 2.71. The molecule has 2 amide bonds. The normalized spacial score (nSPS) is 16.8. The number of benzene rings is 1. The second-order valence-corrected chi connectivity index (χ2v) is 5.61. The second-order valence-electron chi connectivity index (χ2n) is 5.61. The lowest BCUT2D eigenvalue weighted by Gasteiger charge is -2.28. The van der Waals surface area contributed by atoms with Crippen LogP contribution in [0.25, 0.3) is 0 Å². The summed E-state index contributed by atoms with van der Waals surface area (Å²) in [7, 11) is 0. The Balaban J connectivity index is 1.80. The van der Waals surface area contributed by atoms with Crippen LogP contribution in [-0.4, -0.2) is 31.9 Å². The van der Waals surface area contributed by atoms with E-state index in [4.69, 9.17) is 9.47 Å². The van der Waals surface area contributed by atoms with Gasteiger partial charge in [0.15, 0.2) is 0 Å². The Morgan fingerprint density at radius 2 is 2.09 bits per heavy atom. The number of carbonyl (C=O) groups excluding carboxylic acids is 1. The van der Waals surface area contributed by atoms with Gasteiger partial charge in [0, 0.05) is 31.4 Å². The lowest BCUT2D eigenvalue weighted by atomic mass is 9.93. The predicted octanol–water partition coefficient (Wildman–Crippen LogP) is 2.70. The molecule has 0 bridgehead atoms. The number of hydrogen-bond acceptors (Lipinski definition) is 3. The van der Waals surface area contributed by atoms with Crippen LogP contribution in [0.2, 0.25) is 0 Å². The Bertz CT molecular complexity index is 473. The zero-order valence-electron chi connectivity index (χ0n) is 13.4. The number of amides is 2. The van der Waals surface area contributed by atoms with Crippen molar-refractivity contribution in [3.63, 3.8) is 0 Å². The van der Waals surface area contributed by atoms with Gasteiger partial charge in [0.05, 0.1) is 6.61 Å². The Hall–Kier alpha value is -1.75. The van der Waals surface area contributed by atoms with Crippen LogP contribution in [0.5, 0.6) is 5.75 Å². The summed E-state index contributed by atoms with van der Waals surface area (Å²) in [5.41, 5.74) is 0.984. The van der Waals surface area contributed by atoms with Crippen LogP contribution in [0.15, 0.2) is 24.3 Å². The van der Waals surface area contributed by atoms with Gasteiger partial charge in [-0.15, -0.1) is 0 Å². The second kappa shape index (κ2) is 8.63. The number of ether oxygens (including phenoxy) is 2. The van der Waals surface area contributed by atoms with E-state index in [0.29, 0.717) is 19.1 Å². The third-order valence-electron chi connectivity index (χ3n) is 4.04. The molecule has 0 unspecified atom stereocenters. The van der Waals surface area contributed by atoms with Crippen molar-refractivity contribution >= 4 is 6.03 Å². The zero-order valence-corrected chi connectivity index (χ0v) is 13.4. The predicted molar refractivity (Wildman–Crippen MR) is 86.0 cm³/mol. The first-order valence-electron chi connectivity index (χ1n) is 8.03. The molecule has 5 nitrogen and oxygen atoms in total. The maximum Gasteiger partial charge on any atom is 0.315 e. The standard InChI is InChI=1S/C17H26N2O3/c1-3-22-16-7-5-4-6-15(16)12-18-17(20)19-13(2)14-8-10-21-11-9-14/h4-7,13-14H,3,8-12H2,1-2H3,(H2,18,19,20)/t13-/m1/s1. The quantitative estimate of drug-likeness (QED) is 0.849. The molecule has 0 radical (unpaired) electrons. The van der Waals surface area contributed by atoms with Gasteiger partial charge in [0.25, 0.3) is 0 Å². The summed E-state index contributed by atoms with van der Waals surface area (Å²) in [6.07, 6.45) is 2.02. The van der Waals surface area contributed by atoms with Gasteiger partial charge in [-0.2, -0.15) is 0 Å². The van der Waals surface area contributed by atoms with Crippen LogP contribution in [0.3, 0.4) is 0 Å². The Labute approximate surface area is 132 Å². The summed E-state index contributed by atoms with van der Waals surface area (Å²) >= 11 is 0. The molecule has 0 aliphatic carbocycles. The van der Waals surface area contributed by atoms with Gasteiger partial charge < -0.3 is 20.1 Å². The van der Waals surface area contributed by atoms with Crippen molar-refractivity contribution in [2.75, 3.05) is 19.8 Å². The molecule has 1 atom stereocenters. The van der Waals surface area contributed by atoms with Crippen molar-refractivity contribution in [1.29, 1.82) is 0 Å². The minimum atomic E-state index is -0.134. The van der Waals surface area contributed by atoms with Crippen molar-refractivity contribution < 1.29 is 14.3 Å². The fourth-order valence-corrected chi connectivity index (χ4v) is 2.71. The largest absolute Gasteiger partial charge is 0.494 e. The molecule has 0 spiro atoms. The van der Waals surface area contributed by atoms with Gasteiger partial charge in [-0.1, -0.05) is 18.2 Å². The van der Waals surface area contributed by atoms with Crippen LogP contribution in [-0.2, 0) is 11.3 Å². The van der Waals surface area contributed by atoms with E-state index in [9.17, 15) is 4.79 Å². The lowest BCUT2D eigenvalue weighted by molar-refractivity contribution is 0.0571. The molecule has 2 rings (SSSR count). The zero-order chi connectivity index (χ0) is 15.8. The average molecular weight is 306 g/mol. The maximum absolute atomic E-state index is 12.0. The third kappa shape index (κ3) is 4.91. The van der Waals surface area contributed by atoms with E-state index in [-0.39, 0.29) is 12.1 Å². The van der Waals surface area contributed by atoms with Crippen LogP contribution in [0, 0.1) is 5.92 Å². The molecule has 2 N–H and O–H groups in total. The molecule has 1 heterocycles. The molecular weight excluding hydrogens is 280 g/mol. The highest BCUT2D eigenvalue weighted by Gasteiger charge is 2.21. The van der Waals surface area contributed by atoms with Crippen LogP contribution in [0.1, 0.15) is 32.3 Å².